The Hall–Kier alpha value is -1.36. The highest BCUT2D eigenvalue weighted by atomic mass is 16.4. The molecule has 88 valence electrons. The number of carboxylic acids is 1. The Morgan fingerprint density at radius 1 is 1.62 bits per heavy atom. The molecule has 0 spiro atoms. The molecule has 0 radical (unpaired) electrons. The molecule has 1 saturated carbocycles. The highest BCUT2D eigenvalue weighted by Gasteiger charge is 2.28. The lowest BCUT2D eigenvalue weighted by Gasteiger charge is -2.17. The van der Waals surface area contributed by atoms with Gasteiger partial charge in [-0.05, 0) is 25.3 Å². The summed E-state index contributed by atoms with van der Waals surface area (Å²) in [5.74, 6) is -0.334. The van der Waals surface area contributed by atoms with Gasteiger partial charge in [-0.1, -0.05) is 6.42 Å². The van der Waals surface area contributed by atoms with Gasteiger partial charge in [-0.3, -0.25) is 9.48 Å². The van der Waals surface area contributed by atoms with Crippen LogP contribution in [0.3, 0.4) is 0 Å². The van der Waals surface area contributed by atoms with Crippen molar-refractivity contribution in [3.8, 4) is 0 Å². The summed E-state index contributed by atoms with van der Waals surface area (Å²) in [7, 11) is 0. The van der Waals surface area contributed by atoms with Crippen molar-refractivity contribution in [2.45, 2.75) is 31.7 Å². The van der Waals surface area contributed by atoms with Gasteiger partial charge in [0.15, 0.2) is 0 Å². The van der Waals surface area contributed by atoms with Crippen LogP contribution in [0.1, 0.15) is 30.9 Å². The first-order valence-corrected chi connectivity index (χ1v) is 5.65. The van der Waals surface area contributed by atoms with E-state index in [0.29, 0.717) is 18.5 Å². The van der Waals surface area contributed by atoms with Crippen LogP contribution in [0.25, 0.3) is 0 Å². The lowest BCUT2D eigenvalue weighted by molar-refractivity contribution is -0.136. The van der Waals surface area contributed by atoms with E-state index in [4.69, 9.17) is 10.8 Å². The molecule has 16 heavy (non-hydrogen) atoms. The van der Waals surface area contributed by atoms with Crippen molar-refractivity contribution >= 4 is 5.97 Å². The van der Waals surface area contributed by atoms with Crippen LogP contribution in [0.15, 0.2) is 12.4 Å². The molecule has 1 aliphatic rings. The van der Waals surface area contributed by atoms with Gasteiger partial charge in [0, 0.05) is 11.8 Å². The number of carbonyl (C=O) groups is 1. The quantitative estimate of drug-likeness (QED) is 0.791. The van der Waals surface area contributed by atoms with Gasteiger partial charge >= 0.3 is 5.97 Å². The van der Waals surface area contributed by atoms with Crippen molar-refractivity contribution < 1.29 is 9.90 Å². The average Bonchev–Trinajstić information content (AvgIpc) is 2.83. The molecule has 2 rings (SSSR count). The summed E-state index contributed by atoms with van der Waals surface area (Å²) in [6, 6.07) is 0.354. The summed E-state index contributed by atoms with van der Waals surface area (Å²) < 4.78 is 1.89. The molecule has 2 atom stereocenters. The summed E-state index contributed by atoms with van der Waals surface area (Å²) in [5.41, 5.74) is 6.47. The molecule has 1 aliphatic carbocycles. The van der Waals surface area contributed by atoms with Gasteiger partial charge in [0.25, 0.3) is 0 Å². The molecule has 1 aromatic rings. The minimum Gasteiger partial charge on any atom is -0.481 e. The number of aliphatic carboxylic acids is 1. The number of nitrogens with two attached hydrogens (primary N) is 1. The fourth-order valence-electron chi connectivity index (χ4n) is 2.47. The summed E-state index contributed by atoms with van der Waals surface area (Å²) in [6.07, 6.45) is 6.94. The molecule has 1 aromatic heterocycles. The van der Waals surface area contributed by atoms with Crippen LogP contribution in [0, 0.1) is 5.92 Å². The zero-order valence-electron chi connectivity index (χ0n) is 9.17. The molecule has 5 heteroatoms. The molecular formula is C11H17N3O2. The maximum Gasteiger partial charge on any atom is 0.307 e. The second-order valence-electron chi connectivity index (χ2n) is 4.39. The Labute approximate surface area is 94.2 Å². The molecule has 0 aliphatic heterocycles. The molecule has 1 fully saturated rings. The van der Waals surface area contributed by atoms with E-state index in [2.05, 4.69) is 5.10 Å². The van der Waals surface area contributed by atoms with Crippen molar-refractivity contribution in [1.29, 1.82) is 0 Å². The molecule has 0 bridgehead atoms. The van der Waals surface area contributed by atoms with E-state index < -0.39 is 5.97 Å². The molecule has 3 N–H and O–H groups in total. The van der Waals surface area contributed by atoms with Crippen molar-refractivity contribution in [2.24, 2.45) is 11.7 Å². The Bertz CT molecular complexity index is 375. The van der Waals surface area contributed by atoms with E-state index in [1.165, 1.54) is 6.42 Å². The fourth-order valence-corrected chi connectivity index (χ4v) is 2.47. The second kappa shape index (κ2) is 4.65. The second-order valence-corrected chi connectivity index (χ2v) is 4.39. The Kier molecular flexibility index (Phi) is 3.24. The predicted octanol–water partition coefficient (Wildman–Crippen LogP) is 0.810. The van der Waals surface area contributed by atoms with Crippen LogP contribution in [0.4, 0.5) is 0 Å². The van der Waals surface area contributed by atoms with Crippen molar-refractivity contribution in [3.05, 3.63) is 18.0 Å². The smallest absolute Gasteiger partial charge is 0.307 e. The Balaban J connectivity index is 2.09. The van der Waals surface area contributed by atoms with Crippen LogP contribution in [-0.2, 0) is 11.2 Å². The van der Waals surface area contributed by atoms with Gasteiger partial charge < -0.3 is 10.8 Å². The topological polar surface area (TPSA) is 81.1 Å². The van der Waals surface area contributed by atoms with E-state index >= 15 is 0 Å². The SMILES string of the molecule is NCC1CCCC1n1cc(CC(=O)O)cn1. The Morgan fingerprint density at radius 2 is 2.44 bits per heavy atom. The van der Waals surface area contributed by atoms with Gasteiger partial charge in [0.2, 0.25) is 0 Å². The first-order chi connectivity index (χ1) is 7.70. The molecule has 5 nitrogen and oxygen atoms in total. The van der Waals surface area contributed by atoms with Crippen molar-refractivity contribution in [3.63, 3.8) is 0 Å². The van der Waals surface area contributed by atoms with E-state index in [-0.39, 0.29) is 6.42 Å². The molecule has 2 unspecified atom stereocenters. The normalized spacial score (nSPS) is 24.8. The number of hydrogen-bond donors (Lipinski definition) is 2. The van der Waals surface area contributed by atoms with Crippen LogP contribution in [-0.4, -0.2) is 27.4 Å². The fraction of sp³-hybridized carbons (Fsp3) is 0.636. The first-order valence-electron chi connectivity index (χ1n) is 5.65. The zero-order valence-corrected chi connectivity index (χ0v) is 9.17. The van der Waals surface area contributed by atoms with E-state index in [9.17, 15) is 4.79 Å². The van der Waals surface area contributed by atoms with Crippen LogP contribution in [0.2, 0.25) is 0 Å². The Morgan fingerprint density at radius 3 is 3.12 bits per heavy atom. The summed E-state index contributed by atoms with van der Waals surface area (Å²) >= 11 is 0. The summed E-state index contributed by atoms with van der Waals surface area (Å²) in [6.45, 7) is 0.679. The number of nitrogens with zero attached hydrogens (tertiary/aromatic N) is 2. The largest absolute Gasteiger partial charge is 0.481 e. The molecule has 0 aromatic carbocycles. The molecule has 0 amide bonds. The number of hydrogen-bond acceptors (Lipinski definition) is 3. The third kappa shape index (κ3) is 2.24. The third-order valence-electron chi connectivity index (χ3n) is 3.27. The minimum atomic E-state index is -0.818. The van der Waals surface area contributed by atoms with Gasteiger partial charge in [-0.15, -0.1) is 0 Å². The van der Waals surface area contributed by atoms with E-state index in [1.807, 2.05) is 10.9 Å². The molecule has 1 heterocycles. The standard InChI is InChI=1S/C11H17N3O2/c12-5-9-2-1-3-10(9)14-7-8(6-13-14)4-11(15)16/h6-7,9-10H,1-5,12H2,(H,15,16). The van der Waals surface area contributed by atoms with Crippen LogP contribution in [0.5, 0.6) is 0 Å². The van der Waals surface area contributed by atoms with Crippen LogP contribution < -0.4 is 5.73 Å². The van der Waals surface area contributed by atoms with Crippen molar-refractivity contribution in [2.75, 3.05) is 6.54 Å². The van der Waals surface area contributed by atoms with E-state index in [1.54, 1.807) is 6.20 Å². The average molecular weight is 223 g/mol. The maximum absolute atomic E-state index is 10.6. The lowest BCUT2D eigenvalue weighted by atomic mass is 10.0. The third-order valence-corrected chi connectivity index (χ3v) is 3.27. The number of aromatic nitrogens is 2. The zero-order chi connectivity index (χ0) is 11.5. The lowest BCUT2D eigenvalue weighted by Crippen LogP contribution is -2.21. The van der Waals surface area contributed by atoms with E-state index in [0.717, 1.165) is 18.4 Å². The predicted molar refractivity (Wildman–Crippen MR) is 59.0 cm³/mol. The van der Waals surface area contributed by atoms with Gasteiger partial charge in [0.05, 0.1) is 18.7 Å². The maximum atomic E-state index is 10.6. The van der Waals surface area contributed by atoms with Gasteiger partial charge in [-0.2, -0.15) is 5.10 Å². The molecule has 0 saturated heterocycles. The molecular weight excluding hydrogens is 206 g/mol. The minimum absolute atomic E-state index is 0.0417. The van der Waals surface area contributed by atoms with Gasteiger partial charge in [-0.25, -0.2) is 0 Å². The highest BCUT2D eigenvalue weighted by Crippen LogP contribution is 2.34. The number of rotatable bonds is 4. The highest BCUT2D eigenvalue weighted by molar-refractivity contribution is 5.69. The summed E-state index contributed by atoms with van der Waals surface area (Å²) in [4.78, 5) is 10.6. The summed E-state index contributed by atoms with van der Waals surface area (Å²) in [5, 5.41) is 12.9. The first kappa shape index (κ1) is 11.1. The van der Waals surface area contributed by atoms with Crippen molar-refractivity contribution in [1.82, 2.24) is 9.78 Å². The monoisotopic (exact) mass is 223 g/mol. The number of carboxylic acid groups (broad SMARTS) is 1. The van der Waals surface area contributed by atoms with Crippen LogP contribution >= 0.6 is 0 Å². The van der Waals surface area contributed by atoms with Gasteiger partial charge in [0.1, 0.15) is 0 Å².